The van der Waals surface area contributed by atoms with Crippen LogP contribution in [-0.4, -0.2) is 21.7 Å². The van der Waals surface area contributed by atoms with E-state index in [-0.39, 0.29) is 36.0 Å². The molecule has 0 saturated heterocycles. The Morgan fingerprint density at radius 1 is 0.897 bits per heavy atom. The molecule has 5 aromatic rings. The van der Waals surface area contributed by atoms with Crippen molar-refractivity contribution in [3.63, 3.8) is 0 Å². The molecule has 0 saturated carbocycles. The van der Waals surface area contributed by atoms with Gasteiger partial charge in [0.25, 0.3) is 0 Å². The Labute approximate surface area is 225 Å². The summed E-state index contributed by atoms with van der Waals surface area (Å²) in [6, 6.07) is 30.3. The number of imidazole rings is 1. The van der Waals surface area contributed by atoms with Gasteiger partial charge in [0, 0.05) is 24.4 Å². The summed E-state index contributed by atoms with van der Waals surface area (Å²) >= 11 is 0. The van der Waals surface area contributed by atoms with Crippen molar-refractivity contribution in [3.8, 4) is 17.3 Å². The van der Waals surface area contributed by atoms with Crippen LogP contribution < -0.4 is 15.9 Å². The van der Waals surface area contributed by atoms with Crippen molar-refractivity contribution in [2.24, 2.45) is 5.73 Å². The Bertz CT molecular complexity index is 1530. The van der Waals surface area contributed by atoms with Gasteiger partial charge in [0.1, 0.15) is 12.7 Å². The number of ether oxygens (including phenoxy) is 2. The minimum atomic E-state index is -0.892. The Kier molecular flexibility index (Phi) is 7.83. The van der Waals surface area contributed by atoms with Gasteiger partial charge in [-0.3, -0.25) is 4.79 Å². The highest BCUT2D eigenvalue weighted by Gasteiger charge is 2.30. The zero-order valence-corrected chi connectivity index (χ0v) is 21.1. The number of nitrogens with two attached hydrogens (primary N) is 1. The van der Waals surface area contributed by atoms with Crippen LogP contribution in [0.15, 0.2) is 125 Å². The van der Waals surface area contributed by atoms with Crippen molar-refractivity contribution < 1.29 is 18.7 Å². The molecule has 39 heavy (non-hydrogen) atoms. The highest BCUT2D eigenvalue weighted by atomic mass is 16.6. The maximum absolute atomic E-state index is 12.8. The van der Waals surface area contributed by atoms with E-state index < -0.39 is 12.2 Å². The molecule has 196 valence electrons. The molecule has 3 aromatic carbocycles. The van der Waals surface area contributed by atoms with Crippen LogP contribution in [0.1, 0.15) is 22.6 Å². The number of rotatable bonds is 10. The number of nitrogens with zero attached hydrogens (tertiary/aromatic N) is 2. The number of hydrogen-bond acceptors (Lipinski definition) is 6. The average molecular weight is 522 g/mol. The first-order chi connectivity index (χ1) is 19.1. The lowest BCUT2D eigenvalue weighted by Gasteiger charge is -2.28. The Hall–Kier alpha value is -5.11. The van der Waals surface area contributed by atoms with Crippen LogP contribution in [-0.2, 0) is 17.9 Å². The summed E-state index contributed by atoms with van der Waals surface area (Å²) < 4.78 is 19.2. The van der Waals surface area contributed by atoms with Gasteiger partial charge >= 0.3 is 6.09 Å². The van der Waals surface area contributed by atoms with E-state index in [1.54, 1.807) is 17.0 Å². The van der Waals surface area contributed by atoms with Gasteiger partial charge in [-0.05, 0) is 16.7 Å². The third kappa shape index (κ3) is 6.07. The summed E-state index contributed by atoms with van der Waals surface area (Å²) in [6.45, 7) is 0.365. The summed E-state index contributed by atoms with van der Waals surface area (Å²) in [7, 11) is 0. The maximum atomic E-state index is 12.8. The average Bonchev–Trinajstić information content (AvgIpc) is 3.42. The van der Waals surface area contributed by atoms with E-state index in [2.05, 4.69) is 4.98 Å². The molecule has 0 fully saturated rings. The predicted molar refractivity (Wildman–Crippen MR) is 146 cm³/mol. The number of amides is 1. The lowest BCUT2D eigenvalue weighted by Crippen LogP contribution is -2.33. The Morgan fingerprint density at radius 3 is 2.13 bits per heavy atom. The third-order valence-corrected chi connectivity index (χ3v) is 6.31. The van der Waals surface area contributed by atoms with Crippen molar-refractivity contribution in [2.75, 3.05) is 0 Å². The van der Waals surface area contributed by atoms with E-state index in [1.807, 2.05) is 91.0 Å². The molecule has 8 heteroatoms. The monoisotopic (exact) mass is 521 g/mol. The predicted octanol–water partition coefficient (Wildman–Crippen LogP) is 5.38. The van der Waals surface area contributed by atoms with Crippen molar-refractivity contribution in [1.29, 1.82) is 0 Å². The first-order valence-electron chi connectivity index (χ1n) is 12.5. The van der Waals surface area contributed by atoms with Gasteiger partial charge in [0.2, 0.25) is 16.9 Å². The second kappa shape index (κ2) is 12.0. The van der Waals surface area contributed by atoms with E-state index in [0.29, 0.717) is 5.82 Å². The summed E-state index contributed by atoms with van der Waals surface area (Å²) in [5.74, 6) is 0.251. The van der Waals surface area contributed by atoms with Crippen LogP contribution in [0.3, 0.4) is 0 Å². The van der Waals surface area contributed by atoms with Gasteiger partial charge in [-0.2, -0.15) is 0 Å². The number of carbonyl (C=O) groups excluding carboxylic acids is 1. The van der Waals surface area contributed by atoms with Gasteiger partial charge in [0.05, 0.1) is 12.8 Å². The Balaban J connectivity index is 1.51. The molecule has 0 aliphatic carbocycles. The number of aromatic nitrogens is 2. The third-order valence-electron chi connectivity index (χ3n) is 6.31. The first-order valence-corrected chi connectivity index (χ1v) is 12.5. The largest absolute Gasteiger partial charge is 0.481 e. The zero-order chi connectivity index (χ0) is 27.0. The summed E-state index contributed by atoms with van der Waals surface area (Å²) in [6.07, 6.45) is 3.03. The number of primary amides is 1. The highest BCUT2D eigenvalue weighted by Crippen LogP contribution is 2.33. The molecule has 0 aliphatic rings. The molecule has 2 N–H and O–H groups in total. The SMILES string of the molecule is NC(=O)OC(Cn1ccnc1-c1occc(=O)c1OCc1ccccc1)C(c1ccccc1)c1ccccc1. The van der Waals surface area contributed by atoms with Gasteiger partial charge in [-0.1, -0.05) is 91.0 Å². The summed E-state index contributed by atoms with van der Waals surface area (Å²) in [4.78, 5) is 29.3. The molecule has 5 rings (SSSR count). The van der Waals surface area contributed by atoms with E-state index in [9.17, 15) is 9.59 Å². The minimum absolute atomic E-state index is 0.0452. The molecule has 1 unspecified atom stereocenters. The van der Waals surface area contributed by atoms with Gasteiger partial charge < -0.3 is 24.2 Å². The van der Waals surface area contributed by atoms with Crippen LogP contribution in [0.4, 0.5) is 4.79 Å². The maximum Gasteiger partial charge on any atom is 0.404 e. The molecule has 1 atom stereocenters. The molecule has 0 aliphatic heterocycles. The molecule has 1 amide bonds. The molecular weight excluding hydrogens is 494 g/mol. The van der Waals surface area contributed by atoms with Crippen molar-refractivity contribution in [3.05, 3.63) is 143 Å². The van der Waals surface area contributed by atoms with Crippen molar-refractivity contribution >= 4 is 6.09 Å². The molecule has 0 radical (unpaired) electrons. The van der Waals surface area contributed by atoms with Crippen LogP contribution in [0, 0.1) is 0 Å². The van der Waals surface area contributed by atoms with Gasteiger partial charge in [-0.15, -0.1) is 0 Å². The van der Waals surface area contributed by atoms with E-state index in [4.69, 9.17) is 19.6 Å². The number of benzene rings is 3. The first kappa shape index (κ1) is 25.5. The number of carbonyl (C=O) groups is 1. The lowest BCUT2D eigenvalue weighted by atomic mass is 9.86. The standard InChI is InChI=1S/C31H27N3O5/c32-31(36)39-26(27(23-12-6-2-7-13-23)24-14-8-3-9-15-24)20-34-18-17-33-30(34)29-28(25(35)16-19-37-29)38-21-22-10-4-1-5-11-22/h1-19,26-27H,20-21H2,(H2,32,36). The second-order valence-corrected chi connectivity index (χ2v) is 8.89. The minimum Gasteiger partial charge on any atom is -0.481 e. The normalized spacial score (nSPS) is 11.7. The second-order valence-electron chi connectivity index (χ2n) is 8.89. The topological polar surface area (TPSA) is 110 Å². The van der Waals surface area contributed by atoms with Crippen LogP contribution in [0.2, 0.25) is 0 Å². The zero-order valence-electron chi connectivity index (χ0n) is 21.1. The lowest BCUT2D eigenvalue weighted by molar-refractivity contribution is 0.0858. The highest BCUT2D eigenvalue weighted by molar-refractivity contribution is 5.65. The number of hydrogen-bond donors (Lipinski definition) is 1. The quantitative estimate of drug-likeness (QED) is 0.264. The van der Waals surface area contributed by atoms with Crippen molar-refractivity contribution in [2.45, 2.75) is 25.2 Å². The van der Waals surface area contributed by atoms with Crippen LogP contribution in [0.5, 0.6) is 5.75 Å². The molecule has 2 aromatic heterocycles. The van der Waals surface area contributed by atoms with E-state index in [1.165, 1.54) is 12.3 Å². The smallest absolute Gasteiger partial charge is 0.404 e. The van der Waals surface area contributed by atoms with Crippen molar-refractivity contribution in [1.82, 2.24) is 9.55 Å². The van der Waals surface area contributed by atoms with E-state index in [0.717, 1.165) is 16.7 Å². The Morgan fingerprint density at radius 2 is 1.51 bits per heavy atom. The summed E-state index contributed by atoms with van der Waals surface area (Å²) in [5.41, 5.74) is 8.01. The molecule has 0 bridgehead atoms. The van der Waals surface area contributed by atoms with Gasteiger partial charge in [0.15, 0.2) is 5.82 Å². The molecule has 2 heterocycles. The van der Waals surface area contributed by atoms with E-state index >= 15 is 0 Å². The fraction of sp³-hybridized carbons (Fsp3) is 0.129. The molecular formula is C31H27N3O5. The van der Waals surface area contributed by atoms with Crippen LogP contribution >= 0.6 is 0 Å². The van der Waals surface area contributed by atoms with Gasteiger partial charge in [-0.25, -0.2) is 9.78 Å². The molecule has 0 spiro atoms. The van der Waals surface area contributed by atoms with Crippen LogP contribution in [0.25, 0.3) is 11.6 Å². The fourth-order valence-corrected chi connectivity index (χ4v) is 4.59. The molecule has 8 nitrogen and oxygen atoms in total. The fourth-order valence-electron chi connectivity index (χ4n) is 4.59. The summed E-state index contributed by atoms with van der Waals surface area (Å²) in [5, 5.41) is 0.